The van der Waals surface area contributed by atoms with Crippen molar-refractivity contribution in [3.05, 3.63) is 23.9 Å². The molecule has 6 heteroatoms. The van der Waals surface area contributed by atoms with Gasteiger partial charge in [-0.1, -0.05) is 6.07 Å². The SMILES string of the molecule is COC(=O)COc1cccc(C(=O)O)n1. The van der Waals surface area contributed by atoms with Crippen LogP contribution < -0.4 is 4.74 Å². The fourth-order valence-corrected chi connectivity index (χ4v) is 0.806. The van der Waals surface area contributed by atoms with Gasteiger partial charge in [0.1, 0.15) is 0 Å². The quantitative estimate of drug-likeness (QED) is 0.722. The van der Waals surface area contributed by atoms with E-state index >= 15 is 0 Å². The first-order chi connectivity index (χ1) is 7.13. The monoisotopic (exact) mass is 211 g/mol. The van der Waals surface area contributed by atoms with E-state index < -0.39 is 11.9 Å². The molecule has 1 heterocycles. The summed E-state index contributed by atoms with van der Waals surface area (Å²) in [4.78, 5) is 24.9. The molecule has 0 spiro atoms. The number of esters is 1. The van der Waals surface area contributed by atoms with Crippen molar-refractivity contribution in [3.8, 4) is 5.88 Å². The standard InChI is InChI=1S/C9H9NO5/c1-14-8(11)5-15-7-4-2-3-6(10-7)9(12)13/h2-4H,5H2,1H3,(H,12,13). The van der Waals surface area contributed by atoms with Crippen molar-refractivity contribution in [2.45, 2.75) is 0 Å². The number of hydrogen-bond donors (Lipinski definition) is 1. The number of rotatable bonds is 4. The van der Waals surface area contributed by atoms with Crippen LogP contribution in [0, 0.1) is 0 Å². The van der Waals surface area contributed by atoms with E-state index in [1.807, 2.05) is 0 Å². The third-order valence-electron chi connectivity index (χ3n) is 1.51. The minimum absolute atomic E-state index is 0.0697. The Morgan fingerprint density at radius 1 is 1.47 bits per heavy atom. The van der Waals surface area contributed by atoms with Crippen LogP contribution >= 0.6 is 0 Å². The van der Waals surface area contributed by atoms with Crippen LogP contribution in [-0.4, -0.2) is 35.7 Å². The highest BCUT2D eigenvalue weighted by Gasteiger charge is 2.07. The Balaban J connectivity index is 2.66. The van der Waals surface area contributed by atoms with Gasteiger partial charge in [-0.05, 0) is 6.07 Å². The molecule has 80 valence electrons. The lowest BCUT2D eigenvalue weighted by Crippen LogP contribution is -2.13. The summed E-state index contributed by atoms with van der Waals surface area (Å²) in [5.41, 5.74) is -0.141. The second-order valence-corrected chi connectivity index (χ2v) is 2.53. The van der Waals surface area contributed by atoms with E-state index in [4.69, 9.17) is 9.84 Å². The zero-order chi connectivity index (χ0) is 11.3. The Bertz CT molecular complexity index is 377. The van der Waals surface area contributed by atoms with Crippen molar-refractivity contribution in [1.29, 1.82) is 0 Å². The largest absolute Gasteiger partial charge is 0.477 e. The Labute approximate surface area is 85.5 Å². The summed E-state index contributed by atoms with van der Waals surface area (Å²) >= 11 is 0. The zero-order valence-corrected chi connectivity index (χ0v) is 7.97. The van der Waals surface area contributed by atoms with Crippen molar-refractivity contribution >= 4 is 11.9 Å². The molecule has 0 aliphatic carbocycles. The summed E-state index contributed by atoms with van der Waals surface area (Å²) in [6, 6.07) is 4.26. The number of methoxy groups -OCH3 is 1. The first-order valence-electron chi connectivity index (χ1n) is 4.03. The molecule has 0 radical (unpaired) electrons. The smallest absolute Gasteiger partial charge is 0.354 e. The number of carbonyl (C=O) groups is 2. The molecular formula is C9H9NO5. The molecule has 0 amide bonds. The molecule has 0 aliphatic heterocycles. The van der Waals surface area contributed by atoms with Crippen LogP contribution in [0.3, 0.4) is 0 Å². The maximum absolute atomic E-state index is 10.7. The van der Waals surface area contributed by atoms with Crippen molar-refractivity contribution < 1.29 is 24.2 Å². The number of aromatic carboxylic acids is 1. The minimum atomic E-state index is -1.15. The summed E-state index contributed by atoms with van der Waals surface area (Å²) in [6.45, 7) is -0.299. The summed E-state index contributed by atoms with van der Waals surface area (Å²) in [5.74, 6) is -1.64. The van der Waals surface area contributed by atoms with Gasteiger partial charge in [0.15, 0.2) is 12.3 Å². The molecule has 0 aromatic carbocycles. The van der Waals surface area contributed by atoms with Crippen LogP contribution in [0.4, 0.5) is 0 Å². The maximum Gasteiger partial charge on any atom is 0.354 e. The van der Waals surface area contributed by atoms with Gasteiger partial charge in [0.05, 0.1) is 7.11 Å². The second-order valence-electron chi connectivity index (χ2n) is 2.53. The lowest BCUT2D eigenvalue weighted by molar-refractivity contribution is -0.143. The number of pyridine rings is 1. The number of aromatic nitrogens is 1. The van der Waals surface area contributed by atoms with Gasteiger partial charge in [0.25, 0.3) is 0 Å². The van der Waals surface area contributed by atoms with Crippen molar-refractivity contribution in [3.63, 3.8) is 0 Å². The molecule has 0 atom stereocenters. The lowest BCUT2D eigenvalue weighted by atomic mass is 10.3. The summed E-state index contributed by atoms with van der Waals surface area (Å²) in [6.07, 6.45) is 0. The predicted octanol–water partition coefficient (Wildman–Crippen LogP) is 0.332. The number of nitrogens with zero attached hydrogens (tertiary/aromatic N) is 1. The van der Waals surface area contributed by atoms with Gasteiger partial charge >= 0.3 is 11.9 Å². The summed E-state index contributed by atoms with van der Waals surface area (Å²) in [5, 5.41) is 8.62. The first kappa shape index (κ1) is 11.0. The summed E-state index contributed by atoms with van der Waals surface area (Å²) in [7, 11) is 1.23. The van der Waals surface area contributed by atoms with Crippen LogP contribution in [0.15, 0.2) is 18.2 Å². The zero-order valence-electron chi connectivity index (χ0n) is 7.97. The second kappa shape index (κ2) is 4.94. The van der Waals surface area contributed by atoms with E-state index in [1.165, 1.54) is 25.3 Å². The highest BCUT2D eigenvalue weighted by Crippen LogP contribution is 2.07. The van der Waals surface area contributed by atoms with Gasteiger partial charge in [-0.25, -0.2) is 14.6 Å². The average Bonchev–Trinajstić information content (AvgIpc) is 2.26. The van der Waals surface area contributed by atoms with Gasteiger partial charge in [0, 0.05) is 6.07 Å². The lowest BCUT2D eigenvalue weighted by Gasteiger charge is -2.03. The van der Waals surface area contributed by atoms with E-state index in [9.17, 15) is 9.59 Å². The van der Waals surface area contributed by atoms with E-state index in [0.29, 0.717) is 0 Å². The highest BCUT2D eigenvalue weighted by atomic mass is 16.6. The van der Waals surface area contributed by atoms with Crippen LogP contribution in [0.1, 0.15) is 10.5 Å². The molecule has 0 saturated carbocycles. The highest BCUT2D eigenvalue weighted by molar-refractivity contribution is 5.85. The average molecular weight is 211 g/mol. The molecule has 6 nitrogen and oxygen atoms in total. The Morgan fingerprint density at radius 2 is 2.20 bits per heavy atom. The number of hydrogen-bond acceptors (Lipinski definition) is 5. The summed E-state index contributed by atoms with van der Waals surface area (Å²) < 4.78 is 9.24. The van der Waals surface area contributed by atoms with E-state index in [1.54, 1.807) is 0 Å². The minimum Gasteiger partial charge on any atom is -0.477 e. The van der Waals surface area contributed by atoms with Gasteiger partial charge in [-0.15, -0.1) is 0 Å². The van der Waals surface area contributed by atoms with Gasteiger partial charge in [0.2, 0.25) is 5.88 Å². The topological polar surface area (TPSA) is 85.7 Å². The molecule has 1 aromatic rings. The Morgan fingerprint density at radius 3 is 2.80 bits per heavy atom. The number of carboxylic acid groups (broad SMARTS) is 1. The van der Waals surface area contributed by atoms with Gasteiger partial charge < -0.3 is 14.6 Å². The number of carboxylic acids is 1. The number of carbonyl (C=O) groups excluding carboxylic acids is 1. The molecule has 1 aromatic heterocycles. The van der Waals surface area contributed by atoms with E-state index in [-0.39, 0.29) is 18.2 Å². The van der Waals surface area contributed by atoms with E-state index in [0.717, 1.165) is 0 Å². The molecule has 1 rings (SSSR count). The number of ether oxygens (including phenoxy) is 2. The molecule has 1 N–H and O–H groups in total. The van der Waals surface area contributed by atoms with Crippen molar-refractivity contribution in [2.24, 2.45) is 0 Å². The van der Waals surface area contributed by atoms with Crippen molar-refractivity contribution in [1.82, 2.24) is 4.98 Å². The molecule has 0 bridgehead atoms. The normalized spacial score (nSPS) is 9.40. The third kappa shape index (κ3) is 3.26. The Kier molecular flexibility index (Phi) is 3.61. The fraction of sp³-hybridized carbons (Fsp3) is 0.222. The molecule has 0 unspecified atom stereocenters. The molecule has 15 heavy (non-hydrogen) atoms. The molecular weight excluding hydrogens is 202 g/mol. The first-order valence-corrected chi connectivity index (χ1v) is 4.03. The molecule has 0 saturated heterocycles. The van der Waals surface area contributed by atoms with Crippen LogP contribution in [0.2, 0.25) is 0 Å². The third-order valence-corrected chi connectivity index (χ3v) is 1.51. The van der Waals surface area contributed by atoms with Crippen LogP contribution in [-0.2, 0) is 9.53 Å². The van der Waals surface area contributed by atoms with Crippen LogP contribution in [0.25, 0.3) is 0 Å². The fourth-order valence-electron chi connectivity index (χ4n) is 0.806. The molecule has 0 aliphatic rings. The maximum atomic E-state index is 10.7. The van der Waals surface area contributed by atoms with Crippen molar-refractivity contribution in [2.75, 3.05) is 13.7 Å². The molecule has 0 fully saturated rings. The van der Waals surface area contributed by atoms with Gasteiger partial charge in [-0.2, -0.15) is 0 Å². The van der Waals surface area contributed by atoms with E-state index in [2.05, 4.69) is 9.72 Å². The van der Waals surface area contributed by atoms with Gasteiger partial charge in [-0.3, -0.25) is 0 Å². The predicted molar refractivity (Wildman–Crippen MR) is 48.7 cm³/mol. The Hall–Kier alpha value is -2.11. The van der Waals surface area contributed by atoms with Crippen LogP contribution in [0.5, 0.6) is 5.88 Å².